The Morgan fingerprint density at radius 1 is 1.35 bits per heavy atom. The summed E-state index contributed by atoms with van der Waals surface area (Å²) in [5.74, 6) is 0.924. The highest BCUT2D eigenvalue weighted by molar-refractivity contribution is 5.41. The average Bonchev–Trinajstić information content (AvgIpc) is 2.43. The number of aliphatic hydroxyl groups excluding tert-OH is 1. The van der Waals surface area contributed by atoms with Crippen molar-refractivity contribution < 1.29 is 9.84 Å². The number of aliphatic hydroxyl groups is 1. The van der Waals surface area contributed by atoms with Crippen LogP contribution in [0.2, 0.25) is 0 Å². The number of aromatic nitrogens is 1. The quantitative estimate of drug-likeness (QED) is 0.919. The van der Waals surface area contributed by atoms with Gasteiger partial charge in [0.05, 0.1) is 18.9 Å². The van der Waals surface area contributed by atoms with Crippen molar-refractivity contribution in [1.82, 2.24) is 9.88 Å². The minimum atomic E-state index is -0.207. The lowest BCUT2D eigenvalue weighted by Gasteiger charge is -2.35. The van der Waals surface area contributed by atoms with Gasteiger partial charge in [-0.25, -0.2) is 0 Å². The van der Waals surface area contributed by atoms with Gasteiger partial charge in [0, 0.05) is 29.9 Å². The van der Waals surface area contributed by atoms with Crippen LogP contribution in [0.15, 0.2) is 6.20 Å². The molecule has 2 rings (SSSR count). The zero-order chi connectivity index (χ0) is 14.7. The van der Waals surface area contributed by atoms with Gasteiger partial charge in [-0.2, -0.15) is 0 Å². The maximum Gasteiger partial charge on any atom is 0.128 e. The molecule has 0 saturated heterocycles. The van der Waals surface area contributed by atoms with Crippen molar-refractivity contribution in [3.8, 4) is 5.75 Å². The fourth-order valence-electron chi connectivity index (χ4n) is 3.19. The fourth-order valence-corrected chi connectivity index (χ4v) is 3.19. The zero-order valence-corrected chi connectivity index (χ0v) is 13.0. The Hall–Kier alpha value is -1.13. The van der Waals surface area contributed by atoms with Crippen LogP contribution in [0, 0.1) is 13.8 Å². The third kappa shape index (κ3) is 3.13. The van der Waals surface area contributed by atoms with Gasteiger partial charge in [-0.15, -0.1) is 0 Å². The Bertz CT molecular complexity index is 462. The number of nitrogens with zero attached hydrogens (tertiary/aromatic N) is 2. The molecule has 0 amide bonds. The van der Waals surface area contributed by atoms with E-state index in [1.54, 1.807) is 7.11 Å². The van der Waals surface area contributed by atoms with Gasteiger partial charge in [-0.05, 0) is 33.7 Å². The van der Waals surface area contributed by atoms with Crippen LogP contribution in [-0.2, 0) is 6.54 Å². The van der Waals surface area contributed by atoms with Gasteiger partial charge in [0.25, 0.3) is 0 Å². The van der Waals surface area contributed by atoms with Gasteiger partial charge in [-0.3, -0.25) is 9.88 Å². The van der Waals surface area contributed by atoms with Gasteiger partial charge in [0.15, 0.2) is 0 Å². The number of methoxy groups -OCH3 is 1. The van der Waals surface area contributed by atoms with Crippen LogP contribution in [0.25, 0.3) is 0 Å². The summed E-state index contributed by atoms with van der Waals surface area (Å²) in [6, 6.07) is 0.247. The van der Waals surface area contributed by atoms with Crippen molar-refractivity contribution in [2.24, 2.45) is 0 Å². The van der Waals surface area contributed by atoms with Crippen molar-refractivity contribution in [3.05, 3.63) is 23.0 Å². The normalized spacial score (nSPS) is 23.1. The number of ether oxygens (including phenoxy) is 1. The van der Waals surface area contributed by atoms with Gasteiger partial charge in [0.2, 0.25) is 0 Å². The number of aryl methyl sites for hydroxylation is 1. The molecule has 4 heteroatoms. The van der Waals surface area contributed by atoms with E-state index >= 15 is 0 Å². The minimum Gasteiger partial charge on any atom is -0.496 e. The molecule has 1 aromatic heterocycles. The summed E-state index contributed by atoms with van der Waals surface area (Å²) in [5.41, 5.74) is 3.20. The highest BCUT2D eigenvalue weighted by Gasteiger charge is 2.27. The zero-order valence-electron chi connectivity index (χ0n) is 13.0. The van der Waals surface area contributed by atoms with E-state index in [9.17, 15) is 5.11 Å². The van der Waals surface area contributed by atoms with Crippen molar-refractivity contribution in [1.29, 1.82) is 0 Å². The SMILES string of the molecule is COc1c(C)cnc(CN(C)C2CCCCC2O)c1C. The maximum absolute atomic E-state index is 10.1. The Kier molecular flexibility index (Phi) is 5.00. The van der Waals surface area contributed by atoms with Crippen molar-refractivity contribution >= 4 is 0 Å². The number of pyridine rings is 1. The predicted octanol–water partition coefficient (Wildman–Crippen LogP) is 2.44. The molecular formula is C16H26N2O2. The molecule has 112 valence electrons. The van der Waals surface area contributed by atoms with E-state index < -0.39 is 0 Å². The molecule has 2 atom stereocenters. The summed E-state index contributed by atoms with van der Waals surface area (Å²) in [7, 11) is 3.78. The van der Waals surface area contributed by atoms with Crippen LogP contribution in [-0.4, -0.2) is 41.3 Å². The molecule has 1 aliphatic carbocycles. The monoisotopic (exact) mass is 278 g/mol. The lowest BCUT2D eigenvalue weighted by atomic mass is 9.91. The molecule has 0 aromatic carbocycles. The summed E-state index contributed by atoms with van der Waals surface area (Å²) in [4.78, 5) is 6.77. The largest absolute Gasteiger partial charge is 0.496 e. The second kappa shape index (κ2) is 6.55. The van der Waals surface area contributed by atoms with Crippen LogP contribution < -0.4 is 4.74 Å². The molecule has 1 heterocycles. The first-order valence-electron chi connectivity index (χ1n) is 7.42. The van der Waals surface area contributed by atoms with E-state index in [2.05, 4.69) is 23.9 Å². The van der Waals surface area contributed by atoms with Gasteiger partial charge in [-0.1, -0.05) is 12.8 Å². The second-order valence-electron chi connectivity index (χ2n) is 5.88. The summed E-state index contributed by atoms with van der Waals surface area (Å²) in [5, 5.41) is 10.1. The van der Waals surface area contributed by atoms with Crippen LogP contribution in [0.3, 0.4) is 0 Å². The lowest BCUT2D eigenvalue weighted by Crippen LogP contribution is -2.43. The van der Waals surface area contributed by atoms with Crippen molar-refractivity contribution in [2.75, 3.05) is 14.2 Å². The fraction of sp³-hybridized carbons (Fsp3) is 0.688. The van der Waals surface area contributed by atoms with E-state index in [-0.39, 0.29) is 12.1 Å². The third-order valence-corrected chi connectivity index (χ3v) is 4.41. The molecule has 1 aliphatic rings. The second-order valence-corrected chi connectivity index (χ2v) is 5.88. The molecule has 1 aromatic rings. The summed E-state index contributed by atoms with van der Waals surface area (Å²) in [6.07, 6.45) is 5.99. The topological polar surface area (TPSA) is 45.6 Å². The molecule has 0 aliphatic heterocycles. The Morgan fingerprint density at radius 2 is 2.05 bits per heavy atom. The third-order valence-electron chi connectivity index (χ3n) is 4.41. The number of likely N-dealkylation sites (N-methyl/N-ethyl adjacent to an activating group) is 1. The molecule has 0 bridgehead atoms. The number of hydrogen-bond acceptors (Lipinski definition) is 4. The van der Waals surface area contributed by atoms with E-state index in [4.69, 9.17) is 4.74 Å². The molecule has 1 fully saturated rings. The first kappa shape index (κ1) is 15.3. The van der Waals surface area contributed by atoms with Gasteiger partial charge >= 0.3 is 0 Å². The first-order chi connectivity index (χ1) is 9.54. The Balaban J connectivity index is 2.13. The smallest absolute Gasteiger partial charge is 0.128 e. The van der Waals surface area contributed by atoms with Crippen LogP contribution in [0.4, 0.5) is 0 Å². The number of hydrogen-bond donors (Lipinski definition) is 1. The summed E-state index contributed by atoms with van der Waals surface area (Å²) >= 11 is 0. The van der Waals surface area contributed by atoms with Crippen molar-refractivity contribution in [3.63, 3.8) is 0 Å². The maximum atomic E-state index is 10.1. The van der Waals surface area contributed by atoms with Gasteiger partial charge in [0.1, 0.15) is 5.75 Å². The minimum absolute atomic E-state index is 0.207. The highest BCUT2D eigenvalue weighted by Crippen LogP contribution is 2.27. The molecule has 20 heavy (non-hydrogen) atoms. The van der Waals surface area contributed by atoms with E-state index in [1.807, 2.05) is 13.1 Å². The first-order valence-corrected chi connectivity index (χ1v) is 7.42. The average molecular weight is 278 g/mol. The van der Waals surface area contributed by atoms with E-state index in [0.717, 1.165) is 48.4 Å². The Morgan fingerprint density at radius 3 is 2.70 bits per heavy atom. The standard InChI is InChI=1S/C16H26N2O2/c1-11-9-17-13(12(2)16(11)20-4)10-18(3)14-7-5-6-8-15(14)19/h9,14-15,19H,5-8,10H2,1-4H3. The van der Waals surface area contributed by atoms with E-state index in [0.29, 0.717) is 0 Å². The predicted molar refractivity (Wildman–Crippen MR) is 80.0 cm³/mol. The van der Waals surface area contributed by atoms with Crippen LogP contribution in [0.1, 0.15) is 42.5 Å². The van der Waals surface area contributed by atoms with Crippen LogP contribution >= 0.6 is 0 Å². The highest BCUT2D eigenvalue weighted by atomic mass is 16.5. The molecule has 0 spiro atoms. The van der Waals surface area contributed by atoms with E-state index in [1.165, 1.54) is 6.42 Å². The molecular weight excluding hydrogens is 252 g/mol. The number of rotatable bonds is 4. The molecule has 4 nitrogen and oxygen atoms in total. The Labute approximate surface area is 121 Å². The van der Waals surface area contributed by atoms with Crippen molar-refractivity contribution in [2.45, 2.75) is 58.2 Å². The molecule has 2 unspecified atom stereocenters. The lowest BCUT2D eigenvalue weighted by molar-refractivity contribution is 0.0282. The summed E-state index contributed by atoms with van der Waals surface area (Å²) in [6.45, 7) is 4.82. The molecule has 1 N–H and O–H groups in total. The molecule has 1 saturated carbocycles. The van der Waals surface area contributed by atoms with Gasteiger partial charge < -0.3 is 9.84 Å². The van der Waals surface area contributed by atoms with Crippen LogP contribution in [0.5, 0.6) is 5.75 Å². The molecule has 0 radical (unpaired) electrons. The summed E-state index contributed by atoms with van der Waals surface area (Å²) < 4.78 is 5.46.